The van der Waals surface area contributed by atoms with E-state index in [9.17, 15) is 4.79 Å². The molecular formula is C21H23N3O4. The van der Waals surface area contributed by atoms with Crippen molar-refractivity contribution in [3.8, 4) is 17.0 Å². The van der Waals surface area contributed by atoms with Crippen LogP contribution >= 0.6 is 0 Å². The number of methoxy groups -OCH3 is 1. The number of hydrogen-bond donors (Lipinski definition) is 0. The Bertz CT molecular complexity index is 958. The molecule has 7 heteroatoms. The first-order valence-corrected chi connectivity index (χ1v) is 9.45. The van der Waals surface area contributed by atoms with Crippen molar-refractivity contribution >= 4 is 5.91 Å². The summed E-state index contributed by atoms with van der Waals surface area (Å²) in [5, 5.41) is 8.25. The fraction of sp³-hybridized carbons (Fsp3) is 0.381. The molecule has 0 radical (unpaired) electrons. The minimum Gasteiger partial charge on any atom is -0.497 e. The van der Waals surface area contributed by atoms with Crippen molar-refractivity contribution in [2.45, 2.75) is 38.6 Å². The van der Waals surface area contributed by atoms with E-state index in [1.165, 1.54) is 0 Å². The van der Waals surface area contributed by atoms with E-state index in [0.717, 1.165) is 35.6 Å². The molecule has 0 aliphatic carbocycles. The lowest BCUT2D eigenvalue weighted by Crippen LogP contribution is -2.30. The van der Waals surface area contributed by atoms with Crippen LogP contribution in [0.4, 0.5) is 0 Å². The standard InChI is InChI=1S/C21H23N3O4/c1-13(2)19-12-17(23-27-19)18-5-4-10-24(18)21(25)20-11-16(22-28-20)14-6-8-15(26-3)9-7-14/h6-9,11-13,18H,4-5,10H2,1-3H3. The molecule has 3 heterocycles. The van der Waals surface area contributed by atoms with Crippen LogP contribution in [-0.2, 0) is 0 Å². The lowest BCUT2D eigenvalue weighted by molar-refractivity contribution is 0.0688. The van der Waals surface area contributed by atoms with Crippen molar-refractivity contribution < 1.29 is 18.6 Å². The quantitative estimate of drug-likeness (QED) is 0.650. The van der Waals surface area contributed by atoms with Crippen LogP contribution in [0.1, 0.15) is 60.7 Å². The monoisotopic (exact) mass is 381 g/mol. The van der Waals surface area contributed by atoms with Gasteiger partial charge in [0.2, 0.25) is 5.76 Å². The first kappa shape index (κ1) is 18.3. The molecule has 1 saturated heterocycles. The lowest BCUT2D eigenvalue weighted by Gasteiger charge is -2.21. The normalized spacial score (nSPS) is 16.7. The number of carbonyl (C=O) groups excluding carboxylic acids is 1. The molecule has 146 valence electrons. The summed E-state index contributed by atoms with van der Waals surface area (Å²) in [6, 6.07) is 11.0. The Balaban J connectivity index is 1.54. The van der Waals surface area contributed by atoms with Crippen molar-refractivity contribution in [3.63, 3.8) is 0 Å². The van der Waals surface area contributed by atoms with Crippen molar-refractivity contribution in [1.82, 2.24) is 15.2 Å². The number of ether oxygens (including phenoxy) is 1. The minimum absolute atomic E-state index is 0.0988. The molecule has 1 unspecified atom stereocenters. The van der Waals surface area contributed by atoms with Crippen LogP contribution in [0.5, 0.6) is 5.75 Å². The highest BCUT2D eigenvalue weighted by molar-refractivity contribution is 5.93. The molecule has 4 rings (SSSR count). The highest BCUT2D eigenvalue weighted by atomic mass is 16.5. The maximum Gasteiger partial charge on any atom is 0.293 e. The van der Waals surface area contributed by atoms with E-state index in [1.807, 2.05) is 30.3 Å². The molecule has 1 atom stereocenters. The second-order valence-electron chi connectivity index (χ2n) is 7.27. The Kier molecular flexibility index (Phi) is 4.90. The number of rotatable bonds is 5. The topological polar surface area (TPSA) is 81.6 Å². The lowest BCUT2D eigenvalue weighted by atomic mass is 10.1. The summed E-state index contributed by atoms with van der Waals surface area (Å²) in [4.78, 5) is 14.8. The smallest absolute Gasteiger partial charge is 0.293 e. The third-order valence-corrected chi connectivity index (χ3v) is 5.08. The van der Waals surface area contributed by atoms with E-state index in [0.29, 0.717) is 12.2 Å². The summed E-state index contributed by atoms with van der Waals surface area (Å²) in [5.74, 6) is 1.90. The number of likely N-dealkylation sites (tertiary alicyclic amines) is 1. The zero-order valence-electron chi connectivity index (χ0n) is 16.2. The highest BCUT2D eigenvalue weighted by Crippen LogP contribution is 2.34. The Labute approximate surface area is 163 Å². The Morgan fingerprint density at radius 1 is 1.18 bits per heavy atom. The molecule has 28 heavy (non-hydrogen) atoms. The largest absolute Gasteiger partial charge is 0.497 e. The number of nitrogens with zero attached hydrogens (tertiary/aromatic N) is 3. The Hall–Kier alpha value is -3.09. The van der Waals surface area contributed by atoms with E-state index in [2.05, 4.69) is 24.2 Å². The number of hydrogen-bond acceptors (Lipinski definition) is 6. The van der Waals surface area contributed by atoms with Gasteiger partial charge in [-0.05, 0) is 37.1 Å². The molecule has 2 aromatic heterocycles. The van der Waals surface area contributed by atoms with Crippen LogP contribution in [0.25, 0.3) is 11.3 Å². The fourth-order valence-electron chi connectivity index (χ4n) is 3.47. The molecule has 1 amide bonds. The maximum absolute atomic E-state index is 13.0. The van der Waals surface area contributed by atoms with E-state index in [1.54, 1.807) is 18.1 Å². The molecule has 0 spiro atoms. The average molecular weight is 381 g/mol. The summed E-state index contributed by atoms with van der Waals surface area (Å²) in [6.07, 6.45) is 1.77. The Morgan fingerprint density at radius 3 is 2.64 bits per heavy atom. The van der Waals surface area contributed by atoms with Gasteiger partial charge in [-0.2, -0.15) is 0 Å². The van der Waals surface area contributed by atoms with Crippen LogP contribution < -0.4 is 4.74 Å². The molecular weight excluding hydrogens is 358 g/mol. The molecule has 7 nitrogen and oxygen atoms in total. The van der Waals surface area contributed by atoms with E-state index < -0.39 is 0 Å². The summed E-state index contributed by atoms with van der Waals surface area (Å²) >= 11 is 0. The van der Waals surface area contributed by atoms with Crippen LogP contribution in [-0.4, -0.2) is 34.8 Å². The van der Waals surface area contributed by atoms with Gasteiger partial charge in [-0.15, -0.1) is 0 Å². The van der Waals surface area contributed by atoms with Crippen LogP contribution in [0, 0.1) is 0 Å². The van der Waals surface area contributed by atoms with Gasteiger partial charge in [-0.25, -0.2) is 0 Å². The van der Waals surface area contributed by atoms with Gasteiger partial charge in [0.25, 0.3) is 5.91 Å². The van der Waals surface area contributed by atoms with Gasteiger partial charge in [-0.3, -0.25) is 4.79 Å². The van der Waals surface area contributed by atoms with E-state index in [4.69, 9.17) is 13.8 Å². The highest BCUT2D eigenvalue weighted by Gasteiger charge is 2.34. The molecule has 1 fully saturated rings. The number of aromatic nitrogens is 2. The first-order chi connectivity index (χ1) is 13.6. The molecule has 0 bridgehead atoms. The zero-order valence-corrected chi connectivity index (χ0v) is 16.2. The summed E-state index contributed by atoms with van der Waals surface area (Å²) in [6.45, 7) is 4.76. The summed E-state index contributed by atoms with van der Waals surface area (Å²) in [5.41, 5.74) is 2.27. The van der Waals surface area contributed by atoms with E-state index in [-0.39, 0.29) is 23.6 Å². The van der Waals surface area contributed by atoms with Crippen molar-refractivity contribution in [2.24, 2.45) is 0 Å². The zero-order chi connectivity index (χ0) is 19.7. The summed E-state index contributed by atoms with van der Waals surface area (Å²) < 4.78 is 15.9. The second-order valence-corrected chi connectivity index (χ2v) is 7.27. The van der Waals surface area contributed by atoms with Gasteiger partial charge in [-0.1, -0.05) is 24.2 Å². The van der Waals surface area contributed by atoms with Gasteiger partial charge in [0, 0.05) is 30.2 Å². The Morgan fingerprint density at radius 2 is 1.96 bits per heavy atom. The second kappa shape index (κ2) is 7.50. The number of carbonyl (C=O) groups is 1. The van der Waals surface area contributed by atoms with Gasteiger partial charge in [0.15, 0.2) is 0 Å². The molecule has 1 aromatic carbocycles. The SMILES string of the molecule is COc1ccc(-c2cc(C(=O)N3CCCC3c3cc(C(C)C)on3)on2)cc1. The number of benzene rings is 1. The maximum atomic E-state index is 13.0. The van der Waals surface area contributed by atoms with Crippen LogP contribution in [0.2, 0.25) is 0 Å². The van der Waals surface area contributed by atoms with Crippen molar-refractivity contribution in [3.05, 3.63) is 53.6 Å². The van der Waals surface area contributed by atoms with Gasteiger partial charge in [0.05, 0.1) is 13.2 Å². The predicted octanol–water partition coefficient (Wildman–Crippen LogP) is 4.44. The molecule has 3 aromatic rings. The first-order valence-electron chi connectivity index (χ1n) is 9.45. The van der Waals surface area contributed by atoms with Gasteiger partial charge >= 0.3 is 0 Å². The fourth-order valence-corrected chi connectivity index (χ4v) is 3.47. The minimum atomic E-state index is -0.177. The summed E-state index contributed by atoms with van der Waals surface area (Å²) in [7, 11) is 1.62. The van der Waals surface area contributed by atoms with E-state index >= 15 is 0 Å². The van der Waals surface area contributed by atoms with Gasteiger partial charge < -0.3 is 18.7 Å². The molecule has 1 aliphatic heterocycles. The third kappa shape index (κ3) is 3.40. The molecule has 1 aliphatic rings. The van der Waals surface area contributed by atoms with Crippen molar-refractivity contribution in [1.29, 1.82) is 0 Å². The third-order valence-electron chi connectivity index (χ3n) is 5.08. The van der Waals surface area contributed by atoms with Crippen LogP contribution in [0.15, 0.2) is 45.4 Å². The number of amides is 1. The predicted molar refractivity (Wildman–Crippen MR) is 102 cm³/mol. The van der Waals surface area contributed by atoms with Crippen molar-refractivity contribution in [2.75, 3.05) is 13.7 Å². The van der Waals surface area contributed by atoms with Gasteiger partial charge in [0.1, 0.15) is 22.9 Å². The molecule has 0 N–H and O–H groups in total. The molecule has 0 saturated carbocycles. The van der Waals surface area contributed by atoms with Crippen LogP contribution in [0.3, 0.4) is 0 Å². The average Bonchev–Trinajstić information content (AvgIpc) is 3.47.